The Morgan fingerprint density at radius 1 is 1.07 bits per heavy atom. The van der Waals surface area contributed by atoms with Crippen molar-refractivity contribution < 1.29 is 4.74 Å². The van der Waals surface area contributed by atoms with E-state index < -0.39 is 0 Å². The van der Waals surface area contributed by atoms with E-state index in [0.717, 1.165) is 61.7 Å². The zero-order chi connectivity index (χ0) is 19.6. The van der Waals surface area contributed by atoms with Gasteiger partial charge in [0.05, 0.1) is 30.6 Å². The number of halogens is 1. The van der Waals surface area contributed by atoms with E-state index in [4.69, 9.17) is 16.3 Å². The minimum absolute atomic E-state index is 0.269. The third-order valence-electron chi connectivity index (χ3n) is 6.03. The van der Waals surface area contributed by atoms with Crippen molar-refractivity contribution in [2.45, 2.75) is 37.8 Å². The highest BCUT2D eigenvalue weighted by Crippen LogP contribution is 2.30. The number of hydrogen-bond donors (Lipinski definition) is 1. The van der Waals surface area contributed by atoms with Crippen LogP contribution in [0.5, 0.6) is 0 Å². The first-order valence-electron chi connectivity index (χ1n) is 10.3. The lowest BCUT2D eigenvalue weighted by molar-refractivity contribution is 0.00791. The first-order valence-corrected chi connectivity index (χ1v) is 10.7. The van der Waals surface area contributed by atoms with Crippen LogP contribution in [0.15, 0.2) is 36.8 Å². The van der Waals surface area contributed by atoms with Crippen molar-refractivity contribution in [2.75, 3.05) is 31.6 Å². The van der Waals surface area contributed by atoms with Gasteiger partial charge in [0, 0.05) is 37.6 Å². The van der Waals surface area contributed by atoms with Gasteiger partial charge in [0.25, 0.3) is 0 Å². The number of nitrogens with one attached hydrogen (secondary N) is 1. The second kappa shape index (κ2) is 8.26. The summed E-state index contributed by atoms with van der Waals surface area (Å²) in [5.74, 6) is 0.795. The zero-order valence-corrected chi connectivity index (χ0v) is 17.1. The largest absolute Gasteiger partial charge is 0.379 e. The van der Waals surface area contributed by atoms with E-state index in [1.807, 2.05) is 30.6 Å². The lowest BCUT2D eigenvalue weighted by atomic mass is 9.90. The van der Waals surface area contributed by atoms with Crippen LogP contribution in [0.25, 0.3) is 16.7 Å². The van der Waals surface area contributed by atoms with Crippen molar-refractivity contribution in [2.24, 2.45) is 0 Å². The molecule has 0 aromatic carbocycles. The summed E-state index contributed by atoms with van der Waals surface area (Å²) in [5.41, 5.74) is 2.75. The van der Waals surface area contributed by atoms with E-state index >= 15 is 0 Å². The van der Waals surface area contributed by atoms with Gasteiger partial charge in [-0.15, -0.1) is 0 Å². The molecule has 1 N–H and O–H groups in total. The summed E-state index contributed by atoms with van der Waals surface area (Å²) in [4.78, 5) is 15.8. The molecule has 1 saturated heterocycles. The Morgan fingerprint density at radius 3 is 2.66 bits per heavy atom. The Kier molecular flexibility index (Phi) is 5.35. The summed E-state index contributed by atoms with van der Waals surface area (Å²) in [6.45, 7) is 3.84. The molecule has 5 rings (SSSR count). The number of fused-ring (bicyclic) bond motifs is 1. The van der Waals surface area contributed by atoms with Crippen molar-refractivity contribution in [3.8, 4) is 5.69 Å². The van der Waals surface area contributed by atoms with Crippen molar-refractivity contribution in [1.82, 2.24) is 24.4 Å². The number of hydrogen-bond acceptors (Lipinski definition) is 6. The molecule has 2 aliphatic rings. The van der Waals surface area contributed by atoms with Crippen molar-refractivity contribution in [1.29, 1.82) is 0 Å². The number of nitrogens with zero attached hydrogens (tertiary/aromatic N) is 5. The SMILES string of the molecule is Clc1nc(NC2CCC(N3CCOCC3)CC2)c2c(ccn2-c2cccnc2)n1. The number of aromatic nitrogens is 4. The van der Waals surface area contributed by atoms with Gasteiger partial charge in [0.1, 0.15) is 5.52 Å². The normalized spacial score (nSPS) is 23.3. The van der Waals surface area contributed by atoms with Crippen LogP contribution < -0.4 is 5.32 Å². The van der Waals surface area contributed by atoms with Crippen LogP contribution in [0.2, 0.25) is 5.28 Å². The zero-order valence-electron chi connectivity index (χ0n) is 16.3. The van der Waals surface area contributed by atoms with E-state index in [1.165, 1.54) is 12.8 Å². The topological polar surface area (TPSA) is 68.1 Å². The third-order valence-corrected chi connectivity index (χ3v) is 6.20. The van der Waals surface area contributed by atoms with Crippen LogP contribution in [0.3, 0.4) is 0 Å². The molecular formula is C21H25ClN6O. The van der Waals surface area contributed by atoms with Gasteiger partial charge in [-0.2, -0.15) is 4.98 Å². The molecule has 2 fully saturated rings. The number of anilines is 1. The van der Waals surface area contributed by atoms with E-state index in [0.29, 0.717) is 12.1 Å². The van der Waals surface area contributed by atoms with Gasteiger partial charge >= 0.3 is 0 Å². The Bertz CT molecular complexity index is 964. The maximum Gasteiger partial charge on any atom is 0.225 e. The molecular weight excluding hydrogens is 388 g/mol. The second-order valence-electron chi connectivity index (χ2n) is 7.77. The van der Waals surface area contributed by atoms with E-state index in [2.05, 4.69) is 29.7 Å². The minimum atomic E-state index is 0.269. The molecule has 0 bridgehead atoms. The fourth-order valence-corrected chi connectivity index (χ4v) is 4.73. The molecule has 1 aliphatic heterocycles. The fourth-order valence-electron chi connectivity index (χ4n) is 4.55. The molecule has 0 unspecified atom stereocenters. The monoisotopic (exact) mass is 412 g/mol. The average molecular weight is 413 g/mol. The fraction of sp³-hybridized carbons (Fsp3) is 0.476. The molecule has 29 heavy (non-hydrogen) atoms. The predicted octanol–water partition coefficient (Wildman–Crippen LogP) is 3.52. The number of morpholine rings is 1. The van der Waals surface area contributed by atoms with Gasteiger partial charge in [0.15, 0.2) is 5.82 Å². The van der Waals surface area contributed by atoms with Gasteiger partial charge in [-0.05, 0) is 55.5 Å². The van der Waals surface area contributed by atoms with Crippen molar-refractivity contribution >= 4 is 28.5 Å². The molecule has 7 nitrogen and oxygen atoms in total. The van der Waals surface area contributed by atoms with Gasteiger partial charge in [-0.3, -0.25) is 9.88 Å². The lowest BCUT2D eigenvalue weighted by Crippen LogP contribution is -2.46. The van der Waals surface area contributed by atoms with Crippen LogP contribution in [0, 0.1) is 0 Å². The Labute approximate surface area is 175 Å². The smallest absolute Gasteiger partial charge is 0.225 e. The number of pyridine rings is 1. The minimum Gasteiger partial charge on any atom is -0.379 e. The summed E-state index contributed by atoms with van der Waals surface area (Å²) in [7, 11) is 0. The number of ether oxygens (including phenoxy) is 1. The van der Waals surface area contributed by atoms with Crippen LogP contribution >= 0.6 is 11.6 Å². The molecule has 152 valence electrons. The van der Waals surface area contributed by atoms with Crippen LogP contribution in [-0.4, -0.2) is 62.8 Å². The van der Waals surface area contributed by atoms with Gasteiger partial charge in [0.2, 0.25) is 5.28 Å². The molecule has 0 spiro atoms. The van der Waals surface area contributed by atoms with Crippen LogP contribution in [-0.2, 0) is 4.74 Å². The maximum absolute atomic E-state index is 6.22. The van der Waals surface area contributed by atoms with Gasteiger partial charge in [-0.25, -0.2) is 4.98 Å². The quantitative estimate of drug-likeness (QED) is 0.661. The Hall–Kier alpha value is -2.22. The summed E-state index contributed by atoms with van der Waals surface area (Å²) < 4.78 is 7.57. The molecule has 8 heteroatoms. The van der Waals surface area contributed by atoms with Gasteiger partial charge < -0.3 is 14.6 Å². The molecule has 3 aromatic rings. The summed E-state index contributed by atoms with van der Waals surface area (Å²) in [6, 6.07) is 6.98. The Balaban J connectivity index is 1.36. The maximum atomic E-state index is 6.22. The summed E-state index contributed by atoms with van der Waals surface area (Å²) in [6.07, 6.45) is 10.2. The molecule has 3 aromatic heterocycles. The van der Waals surface area contributed by atoms with Crippen molar-refractivity contribution in [3.63, 3.8) is 0 Å². The number of rotatable bonds is 4. The highest BCUT2D eigenvalue weighted by atomic mass is 35.5. The second-order valence-corrected chi connectivity index (χ2v) is 8.11. The van der Waals surface area contributed by atoms with E-state index in [9.17, 15) is 0 Å². The molecule has 0 amide bonds. The third kappa shape index (κ3) is 3.95. The molecule has 1 saturated carbocycles. The molecule has 4 heterocycles. The van der Waals surface area contributed by atoms with Crippen molar-refractivity contribution in [3.05, 3.63) is 42.1 Å². The predicted molar refractivity (Wildman–Crippen MR) is 114 cm³/mol. The Morgan fingerprint density at radius 2 is 1.90 bits per heavy atom. The average Bonchev–Trinajstić information content (AvgIpc) is 3.19. The first-order chi connectivity index (χ1) is 14.3. The summed E-state index contributed by atoms with van der Waals surface area (Å²) >= 11 is 6.22. The molecule has 0 atom stereocenters. The van der Waals surface area contributed by atoms with Crippen LogP contribution in [0.1, 0.15) is 25.7 Å². The standard InChI is InChI=1S/C21H25ClN6O/c22-21-25-18-7-9-28(17-2-1-8-23-14-17)19(18)20(26-21)24-15-3-5-16(6-4-15)27-10-12-29-13-11-27/h1-2,7-9,14-16H,3-6,10-13H2,(H,24,25,26). The highest BCUT2D eigenvalue weighted by Gasteiger charge is 2.27. The van der Waals surface area contributed by atoms with E-state index in [-0.39, 0.29) is 5.28 Å². The summed E-state index contributed by atoms with van der Waals surface area (Å²) in [5, 5.41) is 3.93. The lowest BCUT2D eigenvalue weighted by Gasteiger charge is -2.39. The molecule has 1 aliphatic carbocycles. The molecule has 0 radical (unpaired) electrons. The van der Waals surface area contributed by atoms with Crippen LogP contribution in [0.4, 0.5) is 5.82 Å². The highest BCUT2D eigenvalue weighted by molar-refractivity contribution is 6.28. The van der Waals surface area contributed by atoms with Gasteiger partial charge in [-0.1, -0.05) is 0 Å². The van der Waals surface area contributed by atoms with E-state index in [1.54, 1.807) is 6.20 Å². The first kappa shape index (κ1) is 18.8.